The monoisotopic (exact) mass is 283 g/mol. The molecule has 0 aliphatic rings. The van der Waals surface area contributed by atoms with Crippen molar-refractivity contribution >= 4 is 34.1 Å². The Morgan fingerprint density at radius 2 is 2.15 bits per heavy atom. The van der Waals surface area contributed by atoms with Crippen molar-refractivity contribution in [3.8, 4) is 0 Å². The Balaban J connectivity index is 1.61. The van der Waals surface area contributed by atoms with Crippen molar-refractivity contribution in [2.75, 3.05) is 5.32 Å². The molecule has 0 bridgehead atoms. The molecule has 0 spiro atoms. The largest absolute Gasteiger partial charge is 0.357 e. The number of anilines is 1. The first-order valence-corrected chi connectivity index (χ1v) is 6.60. The van der Waals surface area contributed by atoms with Crippen molar-refractivity contribution in [3.05, 3.63) is 54.6 Å². The number of hydrogen-bond acceptors (Lipinski definition) is 3. The molecule has 3 N–H and O–H groups in total. The van der Waals surface area contributed by atoms with E-state index in [0.717, 1.165) is 22.4 Å². The van der Waals surface area contributed by atoms with Crippen molar-refractivity contribution < 1.29 is 0 Å². The zero-order chi connectivity index (χ0) is 13.8. The van der Waals surface area contributed by atoms with E-state index in [-0.39, 0.29) is 0 Å². The number of thiocarbonyl (C=S) groups is 1. The quantitative estimate of drug-likeness (QED) is 0.644. The van der Waals surface area contributed by atoms with Gasteiger partial charge in [-0.2, -0.15) is 0 Å². The Labute approximate surface area is 121 Å². The lowest BCUT2D eigenvalue weighted by molar-refractivity contribution is 0.882. The first-order chi connectivity index (χ1) is 9.81. The summed E-state index contributed by atoms with van der Waals surface area (Å²) in [5, 5.41) is 6.81. The summed E-state index contributed by atoms with van der Waals surface area (Å²) in [5.41, 5.74) is 3.76. The smallest absolute Gasteiger partial charge is 0.171 e. The Hall–Kier alpha value is -2.47. The van der Waals surface area contributed by atoms with Crippen LogP contribution in [0.25, 0.3) is 11.0 Å². The minimum absolute atomic E-state index is 0.561. The van der Waals surface area contributed by atoms with Crippen molar-refractivity contribution in [1.29, 1.82) is 0 Å². The maximum Gasteiger partial charge on any atom is 0.171 e. The number of pyridine rings is 1. The summed E-state index contributed by atoms with van der Waals surface area (Å²) in [5.74, 6) is 0. The maximum atomic E-state index is 5.26. The fraction of sp³-hybridized carbons (Fsp3) is 0.0714. The zero-order valence-corrected chi connectivity index (χ0v) is 11.4. The van der Waals surface area contributed by atoms with Crippen LogP contribution in [-0.2, 0) is 6.54 Å². The number of aromatic amines is 1. The minimum atomic E-state index is 0.561. The van der Waals surface area contributed by atoms with Gasteiger partial charge in [-0.1, -0.05) is 6.07 Å². The normalized spacial score (nSPS) is 10.4. The Bertz CT molecular complexity index is 723. The average Bonchev–Trinajstić information content (AvgIpc) is 2.94. The third-order valence-electron chi connectivity index (χ3n) is 2.84. The van der Waals surface area contributed by atoms with Crippen LogP contribution in [0.5, 0.6) is 0 Å². The summed E-state index contributed by atoms with van der Waals surface area (Å²) in [7, 11) is 0. The molecule has 0 saturated carbocycles. The standard InChI is InChI=1S/C14H13N5S/c20-14(16-8-11-3-1-2-6-15-11)19-10-4-5-12-13(7-10)18-9-17-12/h1-7,9H,8H2,(H,17,18)(H2,16,19,20). The van der Waals surface area contributed by atoms with E-state index >= 15 is 0 Å². The molecule has 0 amide bonds. The summed E-state index contributed by atoms with van der Waals surface area (Å²) in [6.07, 6.45) is 3.44. The first kappa shape index (κ1) is 12.6. The summed E-state index contributed by atoms with van der Waals surface area (Å²) in [6, 6.07) is 11.7. The van der Waals surface area contributed by atoms with Gasteiger partial charge in [-0.05, 0) is 42.5 Å². The van der Waals surface area contributed by atoms with E-state index in [1.165, 1.54) is 0 Å². The molecule has 0 radical (unpaired) electrons. The predicted octanol–water partition coefficient (Wildman–Crippen LogP) is 2.44. The lowest BCUT2D eigenvalue weighted by atomic mass is 10.3. The Kier molecular flexibility index (Phi) is 3.56. The van der Waals surface area contributed by atoms with Crippen LogP contribution in [0, 0.1) is 0 Å². The molecule has 3 rings (SSSR count). The second kappa shape index (κ2) is 5.66. The number of aromatic nitrogens is 3. The molecule has 100 valence electrons. The molecule has 0 saturated heterocycles. The minimum Gasteiger partial charge on any atom is -0.357 e. The number of hydrogen-bond donors (Lipinski definition) is 3. The molecule has 2 aromatic heterocycles. The van der Waals surface area contributed by atoms with Gasteiger partial charge in [0.15, 0.2) is 5.11 Å². The van der Waals surface area contributed by atoms with Gasteiger partial charge in [0, 0.05) is 11.9 Å². The molecule has 0 unspecified atom stereocenters. The van der Waals surface area contributed by atoms with Crippen LogP contribution in [-0.4, -0.2) is 20.1 Å². The lowest BCUT2D eigenvalue weighted by Crippen LogP contribution is -2.28. The molecule has 5 nitrogen and oxygen atoms in total. The summed E-state index contributed by atoms with van der Waals surface area (Å²) >= 11 is 5.26. The second-order valence-corrected chi connectivity index (χ2v) is 4.67. The molecular weight excluding hydrogens is 270 g/mol. The van der Waals surface area contributed by atoms with Crippen LogP contribution in [0.1, 0.15) is 5.69 Å². The van der Waals surface area contributed by atoms with Crippen LogP contribution in [0.2, 0.25) is 0 Å². The Morgan fingerprint density at radius 1 is 1.20 bits per heavy atom. The molecule has 2 heterocycles. The van der Waals surface area contributed by atoms with Crippen molar-refractivity contribution in [3.63, 3.8) is 0 Å². The Morgan fingerprint density at radius 3 is 3.00 bits per heavy atom. The van der Waals surface area contributed by atoms with Crippen molar-refractivity contribution in [1.82, 2.24) is 20.3 Å². The van der Waals surface area contributed by atoms with Gasteiger partial charge in [0.2, 0.25) is 0 Å². The molecule has 3 aromatic rings. The van der Waals surface area contributed by atoms with E-state index in [0.29, 0.717) is 11.7 Å². The van der Waals surface area contributed by atoms with Gasteiger partial charge in [-0.25, -0.2) is 4.98 Å². The SMILES string of the molecule is S=C(NCc1ccccn1)Nc1ccc2[nH]cnc2c1. The van der Waals surface area contributed by atoms with E-state index in [1.807, 2.05) is 36.4 Å². The van der Waals surface area contributed by atoms with Crippen LogP contribution in [0.4, 0.5) is 5.69 Å². The van der Waals surface area contributed by atoms with E-state index < -0.39 is 0 Å². The second-order valence-electron chi connectivity index (χ2n) is 4.26. The summed E-state index contributed by atoms with van der Waals surface area (Å²) in [4.78, 5) is 11.5. The molecule has 6 heteroatoms. The summed E-state index contributed by atoms with van der Waals surface area (Å²) < 4.78 is 0. The van der Waals surface area contributed by atoms with Gasteiger partial charge in [-0.3, -0.25) is 4.98 Å². The number of benzene rings is 1. The highest BCUT2D eigenvalue weighted by molar-refractivity contribution is 7.80. The fourth-order valence-corrected chi connectivity index (χ4v) is 2.05. The molecule has 0 aliphatic heterocycles. The van der Waals surface area contributed by atoms with E-state index in [9.17, 15) is 0 Å². The fourth-order valence-electron chi connectivity index (χ4n) is 1.86. The number of fused-ring (bicyclic) bond motifs is 1. The van der Waals surface area contributed by atoms with Crippen LogP contribution < -0.4 is 10.6 Å². The molecule has 1 aromatic carbocycles. The van der Waals surface area contributed by atoms with Gasteiger partial charge >= 0.3 is 0 Å². The predicted molar refractivity (Wildman–Crippen MR) is 83.4 cm³/mol. The van der Waals surface area contributed by atoms with E-state index in [1.54, 1.807) is 12.5 Å². The highest BCUT2D eigenvalue weighted by Crippen LogP contribution is 2.15. The molecular formula is C14H13N5S. The first-order valence-electron chi connectivity index (χ1n) is 6.19. The van der Waals surface area contributed by atoms with Crippen molar-refractivity contribution in [2.45, 2.75) is 6.54 Å². The molecule has 20 heavy (non-hydrogen) atoms. The molecule has 0 fully saturated rings. The highest BCUT2D eigenvalue weighted by Gasteiger charge is 2.01. The highest BCUT2D eigenvalue weighted by atomic mass is 32.1. The van der Waals surface area contributed by atoms with Crippen LogP contribution >= 0.6 is 12.2 Å². The van der Waals surface area contributed by atoms with Gasteiger partial charge in [0.1, 0.15) is 0 Å². The average molecular weight is 283 g/mol. The van der Waals surface area contributed by atoms with Crippen molar-refractivity contribution in [2.24, 2.45) is 0 Å². The van der Waals surface area contributed by atoms with Gasteiger partial charge in [0.25, 0.3) is 0 Å². The molecule has 0 atom stereocenters. The topological polar surface area (TPSA) is 65.6 Å². The number of nitrogens with zero attached hydrogens (tertiary/aromatic N) is 2. The maximum absolute atomic E-state index is 5.26. The third-order valence-corrected chi connectivity index (χ3v) is 3.08. The van der Waals surface area contributed by atoms with E-state index in [4.69, 9.17) is 12.2 Å². The summed E-state index contributed by atoms with van der Waals surface area (Å²) in [6.45, 7) is 0.595. The third kappa shape index (κ3) is 2.92. The van der Waals surface area contributed by atoms with Gasteiger partial charge in [0.05, 0.1) is 29.6 Å². The van der Waals surface area contributed by atoms with Gasteiger partial charge in [-0.15, -0.1) is 0 Å². The van der Waals surface area contributed by atoms with Gasteiger partial charge < -0.3 is 15.6 Å². The lowest BCUT2D eigenvalue weighted by Gasteiger charge is -2.10. The zero-order valence-electron chi connectivity index (χ0n) is 10.6. The number of H-pyrrole nitrogens is 1. The number of rotatable bonds is 3. The molecule has 0 aliphatic carbocycles. The number of nitrogens with one attached hydrogen (secondary N) is 3. The van der Waals surface area contributed by atoms with Crippen LogP contribution in [0.15, 0.2) is 48.9 Å². The number of imidazole rings is 1. The van der Waals surface area contributed by atoms with Crippen LogP contribution in [0.3, 0.4) is 0 Å². The van der Waals surface area contributed by atoms with E-state index in [2.05, 4.69) is 25.6 Å².